The van der Waals surface area contributed by atoms with Crippen LogP contribution < -0.4 is 5.32 Å². The fourth-order valence-electron chi connectivity index (χ4n) is 0.921. The fraction of sp³-hybridized carbons (Fsp3) is 0.400. The number of rotatable bonds is 4. The van der Waals surface area contributed by atoms with Crippen LogP contribution in [0.25, 0.3) is 0 Å². The number of pyridine rings is 1. The van der Waals surface area contributed by atoms with Crippen LogP contribution in [0.4, 0.5) is 5.69 Å². The first-order valence-electron chi connectivity index (χ1n) is 4.47. The van der Waals surface area contributed by atoms with Gasteiger partial charge in [-0.2, -0.15) is 5.26 Å². The number of nitrogens with zero attached hydrogens (tertiary/aromatic N) is 2. The number of aliphatic hydroxyl groups is 1. The number of aliphatic hydroxyl groups excluding tert-OH is 1. The number of nitriles is 1. The highest BCUT2D eigenvalue weighted by molar-refractivity contribution is 5.42. The molecule has 0 amide bonds. The van der Waals surface area contributed by atoms with Gasteiger partial charge < -0.3 is 10.4 Å². The van der Waals surface area contributed by atoms with E-state index in [1.165, 1.54) is 0 Å². The van der Waals surface area contributed by atoms with Gasteiger partial charge in [0.25, 0.3) is 0 Å². The lowest BCUT2D eigenvalue weighted by molar-refractivity contribution is 0.244. The average Bonchev–Trinajstić information content (AvgIpc) is 2.26. The second-order valence-electron chi connectivity index (χ2n) is 3.21. The molecule has 0 aliphatic heterocycles. The summed E-state index contributed by atoms with van der Waals surface area (Å²) in [5, 5.41) is 20.4. The first-order chi connectivity index (χ1) is 6.76. The molecule has 1 atom stereocenters. The van der Waals surface area contributed by atoms with Crippen molar-refractivity contribution in [3.8, 4) is 6.07 Å². The van der Waals surface area contributed by atoms with Gasteiger partial charge in [-0.3, -0.25) is 0 Å². The van der Waals surface area contributed by atoms with Crippen LogP contribution in [0, 0.1) is 17.2 Å². The highest BCUT2D eigenvalue weighted by Crippen LogP contribution is 2.06. The minimum absolute atomic E-state index is 0.163. The van der Waals surface area contributed by atoms with Gasteiger partial charge in [-0.05, 0) is 18.1 Å². The molecule has 0 saturated heterocycles. The molecule has 0 spiro atoms. The summed E-state index contributed by atoms with van der Waals surface area (Å²) in [6.45, 7) is 2.81. The topological polar surface area (TPSA) is 68.9 Å². The number of nitrogens with one attached hydrogen (secondary N) is 1. The van der Waals surface area contributed by atoms with Gasteiger partial charge in [0.05, 0.1) is 11.9 Å². The molecular formula is C10H13N3O. The predicted octanol–water partition coefficient (Wildman–Crippen LogP) is 0.994. The van der Waals surface area contributed by atoms with Crippen molar-refractivity contribution in [1.29, 1.82) is 5.26 Å². The zero-order valence-corrected chi connectivity index (χ0v) is 8.07. The van der Waals surface area contributed by atoms with Crippen LogP contribution in [0.1, 0.15) is 12.6 Å². The molecule has 1 rings (SSSR count). The Morgan fingerprint density at radius 1 is 1.64 bits per heavy atom. The average molecular weight is 191 g/mol. The fourth-order valence-corrected chi connectivity index (χ4v) is 0.921. The third kappa shape index (κ3) is 3.04. The molecule has 0 radical (unpaired) electrons. The van der Waals surface area contributed by atoms with Crippen LogP contribution in [0.15, 0.2) is 18.3 Å². The Morgan fingerprint density at radius 2 is 2.43 bits per heavy atom. The van der Waals surface area contributed by atoms with E-state index in [1.54, 1.807) is 18.3 Å². The Balaban J connectivity index is 2.49. The molecule has 0 aliphatic rings. The molecule has 74 valence electrons. The minimum Gasteiger partial charge on any atom is -0.396 e. The molecule has 0 saturated carbocycles. The van der Waals surface area contributed by atoms with E-state index < -0.39 is 0 Å². The van der Waals surface area contributed by atoms with Crippen molar-refractivity contribution in [2.75, 3.05) is 18.5 Å². The van der Waals surface area contributed by atoms with Gasteiger partial charge in [0.2, 0.25) is 0 Å². The Bertz CT molecular complexity index is 315. The van der Waals surface area contributed by atoms with Crippen molar-refractivity contribution in [3.05, 3.63) is 24.0 Å². The molecule has 1 aromatic rings. The van der Waals surface area contributed by atoms with Gasteiger partial charge >= 0.3 is 0 Å². The molecule has 0 bridgehead atoms. The molecule has 0 aromatic carbocycles. The summed E-state index contributed by atoms with van der Waals surface area (Å²) in [6, 6.07) is 5.41. The molecule has 2 N–H and O–H groups in total. The van der Waals surface area contributed by atoms with E-state index in [2.05, 4.69) is 10.3 Å². The first-order valence-corrected chi connectivity index (χ1v) is 4.47. The van der Waals surface area contributed by atoms with Gasteiger partial charge in [0.15, 0.2) is 0 Å². The Kier molecular flexibility index (Phi) is 3.89. The van der Waals surface area contributed by atoms with Gasteiger partial charge in [-0.25, -0.2) is 4.98 Å². The lowest BCUT2D eigenvalue weighted by atomic mass is 10.2. The van der Waals surface area contributed by atoms with Crippen molar-refractivity contribution >= 4 is 5.69 Å². The van der Waals surface area contributed by atoms with Crippen molar-refractivity contribution in [2.45, 2.75) is 6.92 Å². The number of hydrogen-bond acceptors (Lipinski definition) is 4. The standard InChI is InChI=1S/C10H13N3O/c1-8(7-14)5-12-10-3-2-9(4-11)13-6-10/h2-3,6,8,12,14H,5,7H2,1H3. The Hall–Kier alpha value is -1.60. The van der Waals surface area contributed by atoms with Crippen LogP contribution >= 0.6 is 0 Å². The maximum atomic E-state index is 8.80. The van der Waals surface area contributed by atoms with Gasteiger partial charge in [-0.15, -0.1) is 0 Å². The highest BCUT2D eigenvalue weighted by atomic mass is 16.3. The SMILES string of the molecule is CC(CO)CNc1ccc(C#N)nc1. The van der Waals surface area contributed by atoms with Crippen molar-refractivity contribution in [2.24, 2.45) is 5.92 Å². The monoisotopic (exact) mass is 191 g/mol. The largest absolute Gasteiger partial charge is 0.396 e. The third-order valence-electron chi connectivity index (χ3n) is 1.84. The lowest BCUT2D eigenvalue weighted by Gasteiger charge is -2.09. The van der Waals surface area contributed by atoms with E-state index in [-0.39, 0.29) is 12.5 Å². The van der Waals surface area contributed by atoms with E-state index in [0.717, 1.165) is 5.69 Å². The third-order valence-corrected chi connectivity index (χ3v) is 1.84. The van der Waals surface area contributed by atoms with Crippen molar-refractivity contribution < 1.29 is 5.11 Å². The second kappa shape index (κ2) is 5.20. The van der Waals surface area contributed by atoms with Crippen LogP contribution in [-0.2, 0) is 0 Å². The van der Waals surface area contributed by atoms with Gasteiger partial charge in [0, 0.05) is 13.2 Å². The number of hydrogen-bond donors (Lipinski definition) is 2. The number of anilines is 1. The van der Waals surface area contributed by atoms with Gasteiger partial charge in [0.1, 0.15) is 11.8 Å². The quantitative estimate of drug-likeness (QED) is 0.744. The zero-order valence-electron chi connectivity index (χ0n) is 8.07. The van der Waals surface area contributed by atoms with Crippen molar-refractivity contribution in [1.82, 2.24) is 4.98 Å². The van der Waals surface area contributed by atoms with E-state index in [9.17, 15) is 0 Å². The maximum absolute atomic E-state index is 8.80. The molecule has 14 heavy (non-hydrogen) atoms. The number of aromatic nitrogens is 1. The summed E-state index contributed by atoms with van der Waals surface area (Å²) >= 11 is 0. The molecule has 0 aliphatic carbocycles. The summed E-state index contributed by atoms with van der Waals surface area (Å²) in [6.07, 6.45) is 1.61. The van der Waals surface area contributed by atoms with Gasteiger partial charge in [-0.1, -0.05) is 6.92 Å². The lowest BCUT2D eigenvalue weighted by Crippen LogP contribution is -2.14. The highest BCUT2D eigenvalue weighted by Gasteiger charge is 1.99. The van der Waals surface area contributed by atoms with Crippen LogP contribution in [0.3, 0.4) is 0 Å². The summed E-state index contributed by atoms with van der Waals surface area (Å²) in [4.78, 5) is 3.91. The zero-order chi connectivity index (χ0) is 10.4. The predicted molar refractivity (Wildman–Crippen MR) is 53.7 cm³/mol. The smallest absolute Gasteiger partial charge is 0.140 e. The Labute approximate surface area is 83.2 Å². The second-order valence-corrected chi connectivity index (χ2v) is 3.21. The van der Waals surface area contributed by atoms with Crippen LogP contribution in [0.5, 0.6) is 0 Å². The Morgan fingerprint density at radius 3 is 2.93 bits per heavy atom. The molecule has 4 heteroatoms. The summed E-state index contributed by atoms with van der Waals surface area (Å²) in [5.41, 5.74) is 1.27. The summed E-state index contributed by atoms with van der Waals surface area (Å²) < 4.78 is 0. The molecule has 4 nitrogen and oxygen atoms in total. The normalized spacial score (nSPS) is 11.8. The summed E-state index contributed by atoms with van der Waals surface area (Å²) in [7, 11) is 0. The first kappa shape index (κ1) is 10.5. The van der Waals surface area contributed by atoms with E-state index in [1.807, 2.05) is 13.0 Å². The molecular weight excluding hydrogens is 178 g/mol. The molecule has 0 fully saturated rings. The van der Waals surface area contributed by atoms with Crippen LogP contribution in [-0.4, -0.2) is 23.2 Å². The van der Waals surface area contributed by atoms with Crippen LogP contribution in [0.2, 0.25) is 0 Å². The maximum Gasteiger partial charge on any atom is 0.140 e. The molecule has 1 aromatic heterocycles. The summed E-state index contributed by atoms with van der Waals surface area (Å²) in [5.74, 6) is 0.214. The molecule has 1 heterocycles. The van der Waals surface area contributed by atoms with Crippen molar-refractivity contribution in [3.63, 3.8) is 0 Å². The van der Waals surface area contributed by atoms with E-state index in [4.69, 9.17) is 10.4 Å². The van der Waals surface area contributed by atoms with E-state index >= 15 is 0 Å². The minimum atomic E-state index is 0.163. The van der Waals surface area contributed by atoms with E-state index in [0.29, 0.717) is 12.2 Å². The molecule has 1 unspecified atom stereocenters.